The highest BCUT2D eigenvalue weighted by molar-refractivity contribution is 6.36. The van der Waals surface area contributed by atoms with Crippen molar-refractivity contribution in [1.29, 1.82) is 0 Å². The zero-order chi connectivity index (χ0) is 14.7. The summed E-state index contributed by atoms with van der Waals surface area (Å²) in [6, 6.07) is 7.25. The van der Waals surface area contributed by atoms with Gasteiger partial charge in [-0.3, -0.25) is 4.79 Å². The number of nitrogens with one attached hydrogen (secondary N) is 1. The number of amides is 1. The molecule has 1 aromatic carbocycles. The second-order valence-corrected chi connectivity index (χ2v) is 4.66. The molecular formula is C13H8Cl2N2O3. The molecule has 1 heterocycles. The van der Waals surface area contributed by atoms with E-state index >= 15 is 0 Å². The fourth-order valence-electron chi connectivity index (χ4n) is 1.45. The maximum Gasteiger partial charge on any atom is 0.337 e. The van der Waals surface area contributed by atoms with Crippen molar-refractivity contribution in [3.63, 3.8) is 0 Å². The van der Waals surface area contributed by atoms with E-state index < -0.39 is 11.9 Å². The Hall–Kier alpha value is -2.11. The van der Waals surface area contributed by atoms with Crippen LogP contribution in [0.5, 0.6) is 0 Å². The van der Waals surface area contributed by atoms with Gasteiger partial charge in [-0.15, -0.1) is 0 Å². The molecule has 1 aromatic heterocycles. The zero-order valence-corrected chi connectivity index (χ0v) is 11.4. The lowest BCUT2D eigenvalue weighted by Gasteiger charge is -2.06. The molecule has 0 aliphatic rings. The molecule has 0 spiro atoms. The third-order valence-electron chi connectivity index (χ3n) is 2.43. The highest BCUT2D eigenvalue weighted by Crippen LogP contribution is 2.21. The lowest BCUT2D eigenvalue weighted by atomic mass is 10.2. The summed E-state index contributed by atoms with van der Waals surface area (Å²) in [4.78, 5) is 26.5. The quantitative estimate of drug-likeness (QED) is 0.911. The third-order valence-corrected chi connectivity index (χ3v) is 2.99. The number of aromatic carboxylic acids is 1. The van der Waals surface area contributed by atoms with Crippen LogP contribution < -0.4 is 5.32 Å². The molecule has 0 fully saturated rings. The van der Waals surface area contributed by atoms with Crippen molar-refractivity contribution >= 4 is 40.9 Å². The fourth-order valence-corrected chi connectivity index (χ4v) is 1.82. The topological polar surface area (TPSA) is 79.3 Å². The maximum atomic E-state index is 12.0. The standard InChI is InChI=1S/C13H8Cl2N2O3/c14-8-2-3-10(15)9(5-8)12(18)17-11-4-1-7(6-16-11)13(19)20/h1-6H,(H,19,20)(H,16,17,18). The molecule has 0 saturated heterocycles. The predicted octanol–water partition coefficient (Wildman–Crippen LogP) is 3.34. The summed E-state index contributed by atoms with van der Waals surface area (Å²) in [6.07, 6.45) is 1.15. The van der Waals surface area contributed by atoms with Gasteiger partial charge in [-0.25, -0.2) is 9.78 Å². The first kappa shape index (κ1) is 14.3. The second kappa shape index (κ2) is 5.90. The number of aromatic nitrogens is 1. The molecule has 0 radical (unpaired) electrons. The van der Waals surface area contributed by atoms with Gasteiger partial charge in [0.1, 0.15) is 5.82 Å². The van der Waals surface area contributed by atoms with Gasteiger partial charge in [0.2, 0.25) is 0 Å². The largest absolute Gasteiger partial charge is 0.478 e. The molecule has 0 atom stereocenters. The van der Waals surface area contributed by atoms with Gasteiger partial charge in [0.05, 0.1) is 16.1 Å². The summed E-state index contributed by atoms with van der Waals surface area (Å²) >= 11 is 11.7. The van der Waals surface area contributed by atoms with Crippen LogP contribution in [0.1, 0.15) is 20.7 Å². The summed E-state index contributed by atoms with van der Waals surface area (Å²) in [7, 11) is 0. The van der Waals surface area contributed by atoms with Crippen molar-refractivity contribution in [1.82, 2.24) is 4.98 Å². The van der Waals surface area contributed by atoms with Crippen molar-refractivity contribution in [3.8, 4) is 0 Å². The summed E-state index contributed by atoms with van der Waals surface area (Å²) in [6.45, 7) is 0. The number of carbonyl (C=O) groups is 2. The summed E-state index contributed by atoms with van der Waals surface area (Å²) in [5, 5.41) is 11.9. The molecular weight excluding hydrogens is 303 g/mol. The summed E-state index contributed by atoms with van der Waals surface area (Å²) in [5.41, 5.74) is 0.243. The Morgan fingerprint density at radius 1 is 1.15 bits per heavy atom. The van der Waals surface area contributed by atoms with Crippen molar-refractivity contribution in [2.75, 3.05) is 5.32 Å². The highest BCUT2D eigenvalue weighted by Gasteiger charge is 2.12. The number of carboxylic acids is 1. The Bertz CT molecular complexity index is 672. The van der Waals surface area contributed by atoms with Crippen LogP contribution in [-0.2, 0) is 0 Å². The van der Waals surface area contributed by atoms with Crippen LogP contribution in [0.3, 0.4) is 0 Å². The number of nitrogens with zero attached hydrogens (tertiary/aromatic N) is 1. The average molecular weight is 311 g/mol. The lowest BCUT2D eigenvalue weighted by Crippen LogP contribution is -2.13. The Morgan fingerprint density at radius 3 is 2.50 bits per heavy atom. The van der Waals surface area contributed by atoms with Gasteiger partial charge in [0.15, 0.2) is 0 Å². The number of carboxylic acid groups (broad SMARTS) is 1. The Balaban J connectivity index is 2.19. The van der Waals surface area contributed by atoms with E-state index in [1.165, 1.54) is 24.3 Å². The van der Waals surface area contributed by atoms with Crippen LogP contribution >= 0.6 is 23.2 Å². The molecule has 0 aliphatic heterocycles. The number of halogens is 2. The normalized spacial score (nSPS) is 10.1. The molecule has 0 aliphatic carbocycles. The first-order valence-electron chi connectivity index (χ1n) is 5.43. The van der Waals surface area contributed by atoms with E-state index in [1.54, 1.807) is 6.07 Å². The second-order valence-electron chi connectivity index (χ2n) is 3.82. The molecule has 0 bridgehead atoms. The van der Waals surface area contributed by atoms with Gasteiger partial charge in [-0.05, 0) is 30.3 Å². The Labute approximate surface area is 124 Å². The first-order chi connectivity index (χ1) is 9.47. The molecule has 0 unspecified atom stereocenters. The molecule has 1 amide bonds. The molecule has 2 N–H and O–H groups in total. The van der Waals surface area contributed by atoms with Gasteiger partial charge in [0, 0.05) is 11.2 Å². The number of hydrogen-bond acceptors (Lipinski definition) is 3. The van der Waals surface area contributed by atoms with Gasteiger partial charge in [-0.2, -0.15) is 0 Å². The van der Waals surface area contributed by atoms with Crippen molar-refractivity contribution in [2.45, 2.75) is 0 Å². The predicted molar refractivity (Wildman–Crippen MR) is 75.6 cm³/mol. The lowest BCUT2D eigenvalue weighted by molar-refractivity contribution is 0.0696. The number of rotatable bonds is 3. The molecule has 2 aromatic rings. The monoisotopic (exact) mass is 310 g/mol. The number of hydrogen-bond donors (Lipinski definition) is 2. The van der Waals surface area contributed by atoms with Crippen LogP contribution in [0.4, 0.5) is 5.82 Å². The molecule has 0 saturated carbocycles. The minimum Gasteiger partial charge on any atom is -0.478 e. The minimum atomic E-state index is -1.09. The van der Waals surface area contributed by atoms with E-state index in [-0.39, 0.29) is 22.0 Å². The van der Waals surface area contributed by atoms with Crippen molar-refractivity contribution in [3.05, 3.63) is 57.7 Å². The number of pyridine rings is 1. The summed E-state index contributed by atoms with van der Waals surface area (Å²) < 4.78 is 0. The van der Waals surface area contributed by atoms with Gasteiger partial charge in [0.25, 0.3) is 5.91 Å². The number of benzene rings is 1. The van der Waals surface area contributed by atoms with Crippen molar-refractivity contribution < 1.29 is 14.7 Å². The van der Waals surface area contributed by atoms with Crippen LogP contribution in [-0.4, -0.2) is 22.0 Å². The Morgan fingerprint density at radius 2 is 1.90 bits per heavy atom. The SMILES string of the molecule is O=C(O)c1ccc(NC(=O)c2cc(Cl)ccc2Cl)nc1. The van der Waals surface area contributed by atoms with E-state index in [1.807, 2.05) is 0 Å². The van der Waals surface area contributed by atoms with Gasteiger partial charge >= 0.3 is 5.97 Å². The van der Waals surface area contributed by atoms with Crippen LogP contribution in [0.15, 0.2) is 36.5 Å². The van der Waals surface area contributed by atoms with Crippen LogP contribution in [0.2, 0.25) is 10.0 Å². The first-order valence-corrected chi connectivity index (χ1v) is 6.18. The van der Waals surface area contributed by atoms with Crippen LogP contribution in [0, 0.1) is 0 Å². The Kier molecular flexibility index (Phi) is 4.22. The molecule has 5 nitrogen and oxygen atoms in total. The summed E-state index contributed by atoms with van der Waals surface area (Å²) in [5.74, 6) is -1.35. The molecule has 20 heavy (non-hydrogen) atoms. The van der Waals surface area contributed by atoms with Crippen LogP contribution in [0.25, 0.3) is 0 Å². The van der Waals surface area contributed by atoms with E-state index in [0.717, 1.165) is 6.20 Å². The number of carbonyl (C=O) groups excluding carboxylic acids is 1. The van der Waals surface area contributed by atoms with Crippen molar-refractivity contribution in [2.24, 2.45) is 0 Å². The van der Waals surface area contributed by atoms with E-state index in [4.69, 9.17) is 28.3 Å². The molecule has 2 rings (SSSR count). The van der Waals surface area contributed by atoms with Gasteiger partial charge in [-0.1, -0.05) is 23.2 Å². The number of anilines is 1. The minimum absolute atomic E-state index is 0.0313. The zero-order valence-electron chi connectivity index (χ0n) is 9.93. The van der Waals surface area contributed by atoms with E-state index in [0.29, 0.717) is 5.02 Å². The van der Waals surface area contributed by atoms with Gasteiger partial charge < -0.3 is 10.4 Å². The highest BCUT2D eigenvalue weighted by atomic mass is 35.5. The molecule has 102 valence electrons. The van der Waals surface area contributed by atoms with E-state index in [9.17, 15) is 9.59 Å². The van der Waals surface area contributed by atoms with E-state index in [2.05, 4.69) is 10.3 Å². The average Bonchev–Trinajstić information content (AvgIpc) is 2.42. The maximum absolute atomic E-state index is 12.0. The smallest absolute Gasteiger partial charge is 0.337 e. The molecule has 7 heteroatoms. The fraction of sp³-hybridized carbons (Fsp3) is 0. The third kappa shape index (κ3) is 3.26.